The first-order chi connectivity index (χ1) is 6.13. The third-order valence-electron chi connectivity index (χ3n) is 1.91. The Bertz CT molecular complexity index is 265. The molecule has 0 bridgehead atoms. The van der Waals surface area contributed by atoms with Gasteiger partial charge in [0, 0.05) is 26.3 Å². The molecule has 0 unspecified atom stereocenters. The maximum absolute atomic E-state index is 4.34. The number of nitrogens with zero attached hydrogens (tertiary/aromatic N) is 3. The fourth-order valence-corrected chi connectivity index (χ4v) is 1.22. The van der Waals surface area contributed by atoms with Crippen molar-refractivity contribution in [1.29, 1.82) is 0 Å². The third-order valence-corrected chi connectivity index (χ3v) is 1.91. The van der Waals surface area contributed by atoms with Crippen molar-refractivity contribution in [2.45, 2.75) is 13.5 Å². The Morgan fingerprint density at radius 2 is 2.23 bits per heavy atom. The molecule has 1 heterocycles. The first-order valence-electron chi connectivity index (χ1n) is 4.49. The van der Waals surface area contributed by atoms with E-state index in [0.717, 1.165) is 24.7 Å². The molecule has 0 fully saturated rings. The second kappa shape index (κ2) is 4.28. The lowest BCUT2D eigenvalue weighted by molar-refractivity contribution is 0.385. The Morgan fingerprint density at radius 3 is 2.77 bits per heavy atom. The SMILES string of the molecule is CNc1nc(C)cn1CCN(C)C. The summed E-state index contributed by atoms with van der Waals surface area (Å²) in [4.78, 5) is 6.50. The van der Waals surface area contributed by atoms with E-state index in [2.05, 4.69) is 40.1 Å². The van der Waals surface area contributed by atoms with Crippen LogP contribution in [-0.2, 0) is 6.54 Å². The Labute approximate surface area is 79.6 Å². The number of imidazole rings is 1. The summed E-state index contributed by atoms with van der Waals surface area (Å²) in [6, 6.07) is 0. The van der Waals surface area contributed by atoms with Gasteiger partial charge in [-0.2, -0.15) is 0 Å². The van der Waals surface area contributed by atoms with Crippen molar-refractivity contribution in [3.63, 3.8) is 0 Å². The Kier molecular flexibility index (Phi) is 3.31. The van der Waals surface area contributed by atoms with Crippen molar-refractivity contribution >= 4 is 5.95 Å². The summed E-state index contributed by atoms with van der Waals surface area (Å²) in [7, 11) is 6.04. The highest BCUT2D eigenvalue weighted by atomic mass is 15.2. The van der Waals surface area contributed by atoms with Crippen molar-refractivity contribution in [3.05, 3.63) is 11.9 Å². The van der Waals surface area contributed by atoms with E-state index in [-0.39, 0.29) is 0 Å². The zero-order valence-corrected chi connectivity index (χ0v) is 8.83. The van der Waals surface area contributed by atoms with Crippen LogP contribution in [0.25, 0.3) is 0 Å². The second-order valence-corrected chi connectivity index (χ2v) is 3.45. The smallest absolute Gasteiger partial charge is 0.202 e. The highest BCUT2D eigenvalue weighted by Gasteiger charge is 2.02. The van der Waals surface area contributed by atoms with Crippen LogP contribution in [0.4, 0.5) is 5.95 Å². The summed E-state index contributed by atoms with van der Waals surface area (Å²) in [6.07, 6.45) is 2.06. The van der Waals surface area contributed by atoms with Crippen molar-refractivity contribution in [1.82, 2.24) is 14.5 Å². The number of hydrogen-bond donors (Lipinski definition) is 1. The molecule has 1 rings (SSSR count). The molecule has 0 aliphatic rings. The number of likely N-dealkylation sites (N-methyl/N-ethyl adjacent to an activating group) is 1. The minimum absolute atomic E-state index is 0.944. The van der Waals surface area contributed by atoms with Gasteiger partial charge in [-0.25, -0.2) is 4.98 Å². The van der Waals surface area contributed by atoms with E-state index in [1.807, 2.05) is 14.0 Å². The van der Waals surface area contributed by atoms with Crippen LogP contribution in [-0.4, -0.2) is 42.1 Å². The van der Waals surface area contributed by atoms with Crippen LogP contribution in [0.15, 0.2) is 6.20 Å². The molecule has 13 heavy (non-hydrogen) atoms. The molecule has 0 aliphatic heterocycles. The fourth-order valence-electron chi connectivity index (χ4n) is 1.22. The number of anilines is 1. The summed E-state index contributed by atoms with van der Waals surface area (Å²) >= 11 is 0. The lowest BCUT2D eigenvalue weighted by atomic mass is 10.5. The molecule has 4 nitrogen and oxygen atoms in total. The zero-order chi connectivity index (χ0) is 9.84. The van der Waals surface area contributed by atoms with Gasteiger partial charge in [0.15, 0.2) is 0 Å². The largest absolute Gasteiger partial charge is 0.359 e. The van der Waals surface area contributed by atoms with E-state index in [9.17, 15) is 0 Å². The second-order valence-electron chi connectivity index (χ2n) is 3.45. The van der Waals surface area contributed by atoms with Gasteiger partial charge >= 0.3 is 0 Å². The van der Waals surface area contributed by atoms with Crippen molar-refractivity contribution in [2.75, 3.05) is 33.0 Å². The highest BCUT2D eigenvalue weighted by Crippen LogP contribution is 2.06. The van der Waals surface area contributed by atoms with Gasteiger partial charge in [-0.1, -0.05) is 0 Å². The summed E-state index contributed by atoms with van der Waals surface area (Å²) in [5.74, 6) is 0.944. The molecule has 0 saturated carbocycles. The standard InChI is InChI=1S/C9H18N4/c1-8-7-13(6-5-12(3)4)9(10-2)11-8/h7H,5-6H2,1-4H3,(H,10,11). The summed E-state index contributed by atoms with van der Waals surface area (Å²) in [6.45, 7) is 4.02. The van der Waals surface area contributed by atoms with E-state index >= 15 is 0 Å². The van der Waals surface area contributed by atoms with Gasteiger partial charge in [-0.3, -0.25) is 0 Å². The Morgan fingerprint density at radius 1 is 1.54 bits per heavy atom. The van der Waals surface area contributed by atoms with Gasteiger partial charge in [0.05, 0.1) is 5.69 Å². The lowest BCUT2D eigenvalue weighted by Crippen LogP contribution is -2.18. The molecule has 0 aliphatic carbocycles. The van der Waals surface area contributed by atoms with Crippen LogP contribution < -0.4 is 5.32 Å². The number of rotatable bonds is 4. The molecule has 0 saturated heterocycles. The molecule has 1 aromatic heterocycles. The van der Waals surface area contributed by atoms with Crippen molar-refractivity contribution < 1.29 is 0 Å². The minimum atomic E-state index is 0.944. The fraction of sp³-hybridized carbons (Fsp3) is 0.667. The van der Waals surface area contributed by atoms with Crippen LogP contribution >= 0.6 is 0 Å². The Balaban J connectivity index is 2.64. The molecule has 1 N–H and O–H groups in total. The van der Waals surface area contributed by atoms with Crippen LogP contribution in [0.5, 0.6) is 0 Å². The number of hydrogen-bond acceptors (Lipinski definition) is 3. The van der Waals surface area contributed by atoms with Crippen LogP contribution in [0.3, 0.4) is 0 Å². The predicted molar refractivity (Wildman–Crippen MR) is 55.1 cm³/mol. The van der Waals surface area contributed by atoms with Crippen molar-refractivity contribution in [3.8, 4) is 0 Å². The van der Waals surface area contributed by atoms with Gasteiger partial charge in [0.2, 0.25) is 5.95 Å². The molecule has 74 valence electrons. The van der Waals surface area contributed by atoms with Crippen molar-refractivity contribution in [2.24, 2.45) is 0 Å². The van der Waals surface area contributed by atoms with E-state index < -0.39 is 0 Å². The average molecular weight is 182 g/mol. The number of nitrogens with one attached hydrogen (secondary N) is 1. The van der Waals surface area contributed by atoms with Gasteiger partial charge < -0.3 is 14.8 Å². The van der Waals surface area contributed by atoms with Gasteiger partial charge in [0.1, 0.15) is 0 Å². The average Bonchev–Trinajstić information content (AvgIpc) is 2.42. The van der Waals surface area contributed by atoms with Gasteiger partial charge in [-0.05, 0) is 21.0 Å². The monoisotopic (exact) mass is 182 g/mol. The highest BCUT2D eigenvalue weighted by molar-refractivity contribution is 5.27. The molecule has 0 amide bonds. The van der Waals surface area contributed by atoms with Gasteiger partial charge in [-0.15, -0.1) is 0 Å². The van der Waals surface area contributed by atoms with Gasteiger partial charge in [0.25, 0.3) is 0 Å². The Hall–Kier alpha value is -1.03. The first-order valence-corrected chi connectivity index (χ1v) is 4.49. The molecule has 1 aromatic rings. The topological polar surface area (TPSA) is 33.1 Å². The normalized spacial score (nSPS) is 10.8. The van der Waals surface area contributed by atoms with Crippen LogP contribution in [0.2, 0.25) is 0 Å². The third kappa shape index (κ3) is 2.73. The molecular formula is C9H18N4. The van der Waals surface area contributed by atoms with Crippen LogP contribution in [0.1, 0.15) is 5.69 Å². The summed E-state index contributed by atoms with van der Waals surface area (Å²) in [5, 5.41) is 3.07. The summed E-state index contributed by atoms with van der Waals surface area (Å²) in [5.41, 5.74) is 1.06. The maximum Gasteiger partial charge on any atom is 0.202 e. The molecule has 0 aromatic carbocycles. The van der Waals surface area contributed by atoms with E-state index in [1.54, 1.807) is 0 Å². The molecular weight excluding hydrogens is 164 g/mol. The van der Waals surface area contributed by atoms with E-state index in [0.29, 0.717) is 0 Å². The van der Waals surface area contributed by atoms with E-state index in [4.69, 9.17) is 0 Å². The molecule has 4 heteroatoms. The minimum Gasteiger partial charge on any atom is -0.359 e. The van der Waals surface area contributed by atoms with E-state index in [1.165, 1.54) is 0 Å². The lowest BCUT2D eigenvalue weighted by Gasteiger charge is -2.11. The molecule has 0 atom stereocenters. The number of aryl methyl sites for hydroxylation is 1. The first kappa shape index (κ1) is 10.1. The zero-order valence-electron chi connectivity index (χ0n) is 8.83. The number of aromatic nitrogens is 2. The predicted octanol–water partition coefficient (Wildman–Crippen LogP) is 0.795. The molecule has 0 spiro atoms. The summed E-state index contributed by atoms with van der Waals surface area (Å²) < 4.78 is 2.13. The molecule has 0 radical (unpaired) electrons. The quantitative estimate of drug-likeness (QED) is 0.747. The maximum atomic E-state index is 4.34. The van der Waals surface area contributed by atoms with Crippen LogP contribution in [0, 0.1) is 6.92 Å².